The van der Waals surface area contributed by atoms with Gasteiger partial charge in [-0.15, -0.1) is 0 Å². The molecule has 1 aliphatic heterocycles. The van der Waals surface area contributed by atoms with Gasteiger partial charge >= 0.3 is 0 Å². The molecule has 152 valence electrons. The first kappa shape index (κ1) is 21.6. The second-order valence-electron chi connectivity index (χ2n) is 7.08. The molecule has 1 aliphatic rings. The van der Waals surface area contributed by atoms with Crippen LogP contribution in [-0.4, -0.2) is 34.9 Å². The molecular formula is C21H21Cl2N3O2S. The van der Waals surface area contributed by atoms with Crippen LogP contribution < -0.4 is 10.6 Å². The molecule has 1 fully saturated rings. The number of carbonyl (C=O) groups excluding carboxylic acids is 2. The van der Waals surface area contributed by atoms with Crippen molar-refractivity contribution in [3.05, 3.63) is 63.6 Å². The molecule has 5 nitrogen and oxygen atoms in total. The molecule has 8 heteroatoms. The van der Waals surface area contributed by atoms with Crippen LogP contribution in [0, 0.1) is 5.92 Å². The molecule has 0 radical (unpaired) electrons. The molecule has 3 rings (SSSR count). The normalized spacial score (nSPS) is 14.4. The average Bonchev–Trinajstić information content (AvgIpc) is 2.68. The standard InChI is InChI=1S/C21H21Cl2N3O2S/c1-13-8-10-26(11-9-13)20(28)14-2-5-16(6-3-14)24-21(29)25-19(27)17-7-4-15(22)12-18(17)23/h2-7,12-13H,8-11H2,1H3,(H2,24,25,27,29). The topological polar surface area (TPSA) is 61.4 Å². The zero-order valence-electron chi connectivity index (χ0n) is 15.9. The average molecular weight is 450 g/mol. The predicted octanol–water partition coefficient (Wildman–Crippen LogP) is 4.99. The number of hydrogen-bond donors (Lipinski definition) is 2. The Morgan fingerprint density at radius 3 is 2.34 bits per heavy atom. The Morgan fingerprint density at radius 1 is 1.07 bits per heavy atom. The highest BCUT2D eigenvalue weighted by Crippen LogP contribution is 2.21. The molecule has 0 atom stereocenters. The maximum atomic E-state index is 12.6. The lowest BCUT2D eigenvalue weighted by atomic mass is 9.98. The number of benzene rings is 2. The van der Waals surface area contributed by atoms with Crippen LogP contribution in [0.5, 0.6) is 0 Å². The molecule has 1 saturated heterocycles. The van der Waals surface area contributed by atoms with Crippen LogP contribution in [-0.2, 0) is 0 Å². The Bertz CT molecular complexity index is 926. The van der Waals surface area contributed by atoms with Crippen molar-refractivity contribution in [2.24, 2.45) is 5.92 Å². The van der Waals surface area contributed by atoms with Crippen LogP contribution >= 0.6 is 35.4 Å². The quantitative estimate of drug-likeness (QED) is 0.647. The van der Waals surface area contributed by atoms with Crippen molar-refractivity contribution in [1.82, 2.24) is 10.2 Å². The smallest absolute Gasteiger partial charge is 0.258 e. The first-order valence-corrected chi connectivity index (χ1v) is 10.5. The molecule has 1 heterocycles. The zero-order valence-corrected chi connectivity index (χ0v) is 18.2. The van der Waals surface area contributed by atoms with Gasteiger partial charge in [0.05, 0.1) is 10.6 Å². The molecule has 0 spiro atoms. The number of thiocarbonyl (C=S) groups is 1. The summed E-state index contributed by atoms with van der Waals surface area (Å²) in [5, 5.41) is 6.33. The number of likely N-dealkylation sites (tertiary alicyclic amines) is 1. The second-order valence-corrected chi connectivity index (χ2v) is 8.34. The lowest BCUT2D eigenvalue weighted by molar-refractivity contribution is 0.0697. The maximum Gasteiger partial charge on any atom is 0.258 e. The van der Waals surface area contributed by atoms with Crippen molar-refractivity contribution in [3.63, 3.8) is 0 Å². The van der Waals surface area contributed by atoms with Crippen molar-refractivity contribution in [2.45, 2.75) is 19.8 Å². The number of hydrogen-bond acceptors (Lipinski definition) is 3. The molecule has 0 aliphatic carbocycles. The summed E-state index contributed by atoms with van der Waals surface area (Å²) in [5.41, 5.74) is 1.58. The Labute approximate surface area is 185 Å². The van der Waals surface area contributed by atoms with E-state index in [1.54, 1.807) is 30.3 Å². The molecule has 2 aromatic carbocycles. The third kappa shape index (κ3) is 5.69. The Balaban J connectivity index is 1.57. The van der Waals surface area contributed by atoms with E-state index in [0.29, 0.717) is 22.2 Å². The van der Waals surface area contributed by atoms with E-state index < -0.39 is 5.91 Å². The van der Waals surface area contributed by atoms with E-state index in [0.717, 1.165) is 25.9 Å². The minimum atomic E-state index is -0.435. The lowest BCUT2D eigenvalue weighted by Crippen LogP contribution is -2.37. The van der Waals surface area contributed by atoms with Crippen molar-refractivity contribution in [1.29, 1.82) is 0 Å². The van der Waals surface area contributed by atoms with Gasteiger partial charge in [-0.25, -0.2) is 0 Å². The highest BCUT2D eigenvalue weighted by Gasteiger charge is 2.21. The van der Waals surface area contributed by atoms with E-state index in [-0.39, 0.29) is 21.6 Å². The van der Waals surface area contributed by atoms with Crippen molar-refractivity contribution in [3.8, 4) is 0 Å². The van der Waals surface area contributed by atoms with Crippen LogP contribution in [0.15, 0.2) is 42.5 Å². The zero-order chi connectivity index (χ0) is 21.0. The summed E-state index contributed by atoms with van der Waals surface area (Å²) in [7, 11) is 0. The first-order valence-electron chi connectivity index (χ1n) is 9.30. The van der Waals surface area contributed by atoms with Gasteiger partial charge in [-0.05, 0) is 73.4 Å². The largest absolute Gasteiger partial charge is 0.339 e. The number of nitrogens with one attached hydrogen (secondary N) is 2. The Kier molecular flexibility index (Phi) is 7.11. The number of rotatable bonds is 3. The summed E-state index contributed by atoms with van der Waals surface area (Å²) < 4.78 is 0. The summed E-state index contributed by atoms with van der Waals surface area (Å²) in [6, 6.07) is 11.6. The molecule has 0 saturated carbocycles. The molecule has 2 amide bonds. The van der Waals surface area contributed by atoms with Crippen LogP contribution in [0.3, 0.4) is 0 Å². The fourth-order valence-corrected chi connectivity index (χ4v) is 3.80. The van der Waals surface area contributed by atoms with Crippen LogP contribution in [0.2, 0.25) is 10.0 Å². The van der Waals surface area contributed by atoms with E-state index in [2.05, 4.69) is 17.6 Å². The van der Waals surface area contributed by atoms with Gasteiger partial charge in [-0.2, -0.15) is 0 Å². The van der Waals surface area contributed by atoms with Gasteiger partial charge in [0.25, 0.3) is 11.8 Å². The number of anilines is 1. The summed E-state index contributed by atoms with van der Waals surface area (Å²) >= 11 is 17.1. The summed E-state index contributed by atoms with van der Waals surface area (Å²) in [6.45, 7) is 3.80. The minimum absolute atomic E-state index is 0.0386. The molecule has 0 bridgehead atoms. The van der Waals surface area contributed by atoms with E-state index in [9.17, 15) is 9.59 Å². The van der Waals surface area contributed by atoms with Crippen LogP contribution in [0.4, 0.5) is 5.69 Å². The summed E-state index contributed by atoms with van der Waals surface area (Å²) in [6.07, 6.45) is 2.08. The van der Waals surface area contributed by atoms with E-state index in [1.165, 1.54) is 12.1 Å². The number of amides is 2. The van der Waals surface area contributed by atoms with E-state index in [1.807, 2.05) is 4.90 Å². The number of carbonyl (C=O) groups is 2. The Hall–Kier alpha value is -2.15. The van der Waals surface area contributed by atoms with Crippen LogP contribution in [0.1, 0.15) is 40.5 Å². The highest BCUT2D eigenvalue weighted by atomic mass is 35.5. The van der Waals surface area contributed by atoms with Gasteiger partial charge < -0.3 is 10.2 Å². The lowest BCUT2D eigenvalue weighted by Gasteiger charge is -2.30. The fraction of sp³-hybridized carbons (Fsp3) is 0.286. The molecular weight excluding hydrogens is 429 g/mol. The van der Waals surface area contributed by atoms with Gasteiger partial charge in [0.15, 0.2) is 5.11 Å². The summed E-state index contributed by atoms with van der Waals surface area (Å²) in [4.78, 5) is 26.8. The van der Waals surface area contributed by atoms with E-state index >= 15 is 0 Å². The number of halogens is 2. The number of piperidine rings is 1. The third-order valence-corrected chi connectivity index (χ3v) is 5.62. The predicted molar refractivity (Wildman–Crippen MR) is 121 cm³/mol. The summed E-state index contributed by atoms with van der Waals surface area (Å²) in [5.74, 6) is 0.275. The second kappa shape index (κ2) is 9.57. The molecule has 0 aromatic heterocycles. The highest BCUT2D eigenvalue weighted by molar-refractivity contribution is 7.80. The van der Waals surface area contributed by atoms with Crippen molar-refractivity contribution in [2.75, 3.05) is 18.4 Å². The van der Waals surface area contributed by atoms with Crippen LogP contribution in [0.25, 0.3) is 0 Å². The minimum Gasteiger partial charge on any atom is -0.339 e. The molecule has 0 unspecified atom stereocenters. The van der Waals surface area contributed by atoms with Gasteiger partial charge in [-0.1, -0.05) is 30.1 Å². The van der Waals surface area contributed by atoms with Crippen molar-refractivity contribution >= 4 is 58.0 Å². The maximum absolute atomic E-state index is 12.6. The fourth-order valence-electron chi connectivity index (χ4n) is 3.10. The van der Waals surface area contributed by atoms with Gasteiger partial charge in [0.1, 0.15) is 0 Å². The van der Waals surface area contributed by atoms with Gasteiger partial charge in [0.2, 0.25) is 0 Å². The SMILES string of the molecule is CC1CCN(C(=O)c2ccc(NC(=S)NC(=O)c3ccc(Cl)cc3Cl)cc2)CC1. The Morgan fingerprint density at radius 2 is 1.72 bits per heavy atom. The van der Waals surface area contributed by atoms with Gasteiger partial charge in [0, 0.05) is 29.4 Å². The molecule has 2 aromatic rings. The van der Waals surface area contributed by atoms with E-state index in [4.69, 9.17) is 35.4 Å². The molecule has 29 heavy (non-hydrogen) atoms. The first-order chi connectivity index (χ1) is 13.8. The third-order valence-electron chi connectivity index (χ3n) is 4.86. The molecule has 2 N–H and O–H groups in total. The monoisotopic (exact) mass is 449 g/mol. The van der Waals surface area contributed by atoms with Crippen molar-refractivity contribution < 1.29 is 9.59 Å². The number of nitrogens with zero attached hydrogens (tertiary/aromatic N) is 1. The van der Waals surface area contributed by atoms with Gasteiger partial charge in [-0.3, -0.25) is 14.9 Å².